The van der Waals surface area contributed by atoms with Crippen LogP contribution in [0.1, 0.15) is 15.9 Å². The van der Waals surface area contributed by atoms with E-state index in [1.54, 1.807) is 42.5 Å². The molecule has 2 N–H and O–H groups in total. The van der Waals surface area contributed by atoms with Crippen LogP contribution in [-0.2, 0) is 15.8 Å². The maximum absolute atomic E-state index is 12.0. The van der Waals surface area contributed by atoms with Crippen LogP contribution in [0.5, 0.6) is 0 Å². The zero-order valence-corrected chi connectivity index (χ0v) is 11.3. The fourth-order valence-electron chi connectivity index (χ4n) is 1.76. The molecule has 104 valence electrons. The quantitative estimate of drug-likeness (QED) is 0.885. The van der Waals surface area contributed by atoms with Gasteiger partial charge in [-0.3, -0.25) is 4.72 Å². The Balaban J connectivity index is 2.23. The molecule has 0 fully saturated rings. The second-order valence-electron chi connectivity index (χ2n) is 4.20. The first-order valence-corrected chi connectivity index (χ1v) is 7.50. The van der Waals surface area contributed by atoms with Crippen molar-refractivity contribution in [3.8, 4) is 0 Å². The molecule has 2 aromatic rings. The van der Waals surface area contributed by atoms with Crippen molar-refractivity contribution in [1.82, 2.24) is 0 Å². The highest BCUT2D eigenvalue weighted by Crippen LogP contribution is 2.18. The summed E-state index contributed by atoms with van der Waals surface area (Å²) in [4.78, 5) is 11.0. The summed E-state index contributed by atoms with van der Waals surface area (Å²) in [6.07, 6.45) is 0. The van der Waals surface area contributed by atoms with Gasteiger partial charge in [0.25, 0.3) is 0 Å². The first-order valence-electron chi connectivity index (χ1n) is 5.85. The summed E-state index contributed by atoms with van der Waals surface area (Å²) < 4.78 is 26.4. The zero-order valence-electron chi connectivity index (χ0n) is 10.5. The fraction of sp³-hybridized carbons (Fsp3) is 0.0714. The van der Waals surface area contributed by atoms with Gasteiger partial charge in [-0.05, 0) is 17.7 Å². The highest BCUT2D eigenvalue weighted by Gasteiger charge is 2.16. The van der Waals surface area contributed by atoms with E-state index in [0.29, 0.717) is 5.56 Å². The summed E-state index contributed by atoms with van der Waals surface area (Å²) in [5.41, 5.74) is 0.618. The molecule has 0 unspecified atom stereocenters. The molecule has 0 amide bonds. The SMILES string of the molecule is O=C(O)c1ccccc1NS(=O)(=O)Cc1ccccc1. The van der Waals surface area contributed by atoms with Crippen molar-refractivity contribution in [3.63, 3.8) is 0 Å². The third kappa shape index (κ3) is 3.58. The molecule has 0 radical (unpaired) electrons. The third-order valence-corrected chi connectivity index (χ3v) is 3.87. The lowest BCUT2D eigenvalue weighted by atomic mass is 10.2. The van der Waals surface area contributed by atoms with Crippen molar-refractivity contribution in [2.24, 2.45) is 0 Å². The van der Waals surface area contributed by atoms with E-state index in [2.05, 4.69) is 4.72 Å². The van der Waals surface area contributed by atoms with Crippen molar-refractivity contribution in [3.05, 3.63) is 65.7 Å². The number of carboxylic acids is 1. The minimum Gasteiger partial charge on any atom is -0.478 e. The Morgan fingerprint density at radius 1 is 1.00 bits per heavy atom. The summed E-state index contributed by atoms with van der Waals surface area (Å²) in [6, 6.07) is 14.6. The van der Waals surface area contributed by atoms with E-state index in [0.717, 1.165) is 0 Å². The van der Waals surface area contributed by atoms with Gasteiger partial charge in [-0.15, -0.1) is 0 Å². The van der Waals surface area contributed by atoms with Gasteiger partial charge in [0.1, 0.15) is 0 Å². The molecule has 0 aromatic heterocycles. The van der Waals surface area contributed by atoms with Crippen molar-refractivity contribution in [2.45, 2.75) is 5.75 Å². The Morgan fingerprint density at radius 2 is 1.60 bits per heavy atom. The number of para-hydroxylation sites is 1. The van der Waals surface area contributed by atoms with Crippen LogP contribution in [0.15, 0.2) is 54.6 Å². The summed E-state index contributed by atoms with van der Waals surface area (Å²) in [7, 11) is -3.66. The molecule has 0 saturated heterocycles. The molecule has 0 aliphatic carbocycles. The monoisotopic (exact) mass is 291 g/mol. The Bertz CT molecular complexity index is 711. The normalized spacial score (nSPS) is 11.0. The van der Waals surface area contributed by atoms with Gasteiger partial charge in [0.05, 0.1) is 17.0 Å². The van der Waals surface area contributed by atoms with Crippen LogP contribution in [0.3, 0.4) is 0 Å². The van der Waals surface area contributed by atoms with E-state index in [-0.39, 0.29) is 17.0 Å². The van der Waals surface area contributed by atoms with Crippen molar-refractivity contribution >= 4 is 21.7 Å². The highest BCUT2D eigenvalue weighted by atomic mass is 32.2. The summed E-state index contributed by atoms with van der Waals surface area (Å²) in [6.45, 7) is 0. The lowest BCUT2D eigenvalue weighted by molar-refractivity contribution is 0.0698. The number of rotatable bonds is 5. The molecule has 6 heteroatoms. The zero-order chi connectivity index (χ0) is 14.6. The minimum atomic E-state index is -3.66. The lowest BCUT2D eigenvalue weighted by Crippen LogP contribution is -2.17. The van der Waals surface area contributed by atoms with Gasteiger partial charge in [-0.25, -0.2) is 13.2 Å². The number of hydrogen-bond acceptors (Lipinski definition) is 3. The summed E-state index contributed by atoms with van der Waals surface area (Å²) in [5, 5.41) is 9.02. The fourth-order valence-corrected chi connectivity index (χ4v) is 2.97. The van der Waals surface area contributed by atoms with Crippen LogP contribution < -0.4 is 4.72 Å². The summed E-state index contributed by atoms with van der Waals surface area (Å²) in [5.74, 6) is -1.38. The smallest absolute Gasteiger partial charge is 0.337 e. The Labute approximate surface area is 116 Å². The van der Waals surface area contributed by atoms with Gasteiger partial charge in [-0.1, -0.05) is 42.5 Å². The van der Waals surface area contributed by atoms with Crippen molar-refractivity contribution in [1.29, 1.82) is 0 Å². The van der Waals surface area contributed by atoms with E-state index >= 15 is 0 Å². The first kappa shape index (κ1) is 14.1. The molecule has 5 nitrogen and oxygen atoms in total. The molecule has 0 aliphatic rings. The molecule has 20 heavy (non-hydrogen) atoms. The molecular weight excluding hydrogens is 278 g/mol. The third-order valence-electron chi connectivity index (χ3n) is 2.62. The van der Waals surface area contributed by atoms with Crippen molar-refractivity contribution < 1.29 is 18.3 Å². The average molecular weight is 291 g/mol. The lowest BCUT2D eigenvalue weighted by Gasteiger charge is -2.10. The van der Waals surface area contributed by atoms with Crippen LogP contribution in [0.4, 0.5) is 5.69 Å². The minimum absolute atomic E-state index is 0.0657. The van der Waals surface area contributed by atoms with Crippen LogP contribution in [0.2, 0.25) is 0 Å². The maximum Gasteiger partial charge on any atom is 0.337 e. The van der Waals surface area contributed by atoms with Gasteiger partial charge < -0.3 is 5.11 Å². The Hall–Kier alpha value is -2.34. The van der Waals surface area contributed by atoms with Crippen LogP contribution >= 0.6 is 0 Å². The maximum atomic E-state index is 12.0. The molecule has 0 saturated carbocycles. The topological polar surface area (TPSA) is 83.5 Å². The van der Waals surface area contributed by atoms with Crippen LogP contribution in [0, 0.1) is 0 Å². The standard InChI is InChI=1S/C14H13NO4S/c16-14(17)12-8-4-5-9-13(12)15-20(18,19)10-11-6-2-1-3-7-11/h1-9,15H,10H2,(H,16,17). The molecular formula is C14H13NO4S. The number of carboxylic acid groups (broad SMARTS) is 1. The Morgan fingerprint density at radius 3 is 2.25 bits per heavy atom. The van der Waals surface area contributed by atoms with Gasteiger partial charge in [0, 0.05) is 0 Å². The largest absolute Gasteiger partial charge is 0.478 e. The van der Waals surface area contributed by atoms with Gasteiger partial charge in [0.2, 0.25) is 10.0 Å². The van der Waals surface area contributed by atoms with E-state index in [9.17, 15) is 13.2 Å². The van der Waals surface area contributed by atoms with E-state index in [1.165, 1.54) is 12.1 Å². The number of aromatic carboxylic acids is 1. The molecule has 0 heterocycles. The molecule has 2 rings (SSSR count). The molecule has 2 aromatic carbocycles. The number of nitrogens with one attached hydrogen (secondary N) is 1. The predicted octanol–water partition coefficient (Wildman–Crippen LogP) is 2.33. The van der Waals surface area contributed by atoms with Gasteiger partial charge in [0.15, 0.2) is 0 Å². The second-order valence-corrected chi connectivity index (χ2v) is 5.92. The van der Waals surface area contributed by atoms with Crippen LogP contribution in [-0.4, -0.2) is 19.5 Å². The molecule has 0 bridgehead atoms. The van der Waals surface area contributed by atoms with Gasteiger partial charge >= 0.3 is 5.97 Å². The van der Waals surface area contributed by atoms with Crippen LogP contribution in [0.25, 0.3) is 0 Å². The number of carbonyl (C=O) groups is 1. The van der Waals surface area contributed by atoms with Gasteiger partial charge in [-0.2, -0.15) is 0 Å². The second kappa shape index (κ2) is 5.75. The van der Waals surface area contributed by atoms with E-state index in [4.69, 9.17) is 5.11 Å². The summed E-state index contributed by atoms with van der Waals surface area (Å²) >= 11 is 0. The first-order chi connectivity index (χ1) is 9.48. The number of anilines is 1. The van der Waals surface area contributed by atoms with E-state index < -0.39 is 16.0 Å². The number of hydrogen-bond donors (Lipinski definition) is 2. The molecule has 0 atom stereocenters. The Kier molecular flexibility index (Phi) is 4.05. The molecule has 0 spiro atoms. The van der Waals surface area contributed by atoms with Crippen molar-refractivity contribution in [2.75, 3.05) is 4.72 Å². The highest BCUT2D eigenvalue weighted by molar-refractivity contribution is 7.91. The predicted molar refractivity (Wildman–Crippen MR) is 76.1 cm³/mol. The molecule has 0 aliphatic heterocycles. The van der Waals surface area contributed by atoms with E-state index in [1.807, 2.05) is 0 Å². The number of benzene rings is 2. The average Bonchev–Trinajstić information content (AvgIpc) is 2.39. The number of sulfonamides is 1.